The minimum Gasteiger partial charge on any atom is -0.328 e. The predicted molar refractivity (Wildman–Crippen MR) is 116 cm³/mol. The number of imidazole rings is 1. The van der Waals surface area contributed by atoms with Crippen molar-refractivity contribution < 1.29 is 0 Å². The van der Waals surface area contributed by atoms with Gasteiger partial charge in [0.1, 0.15) is 5.82 Å². The predicted octanol–water partition coefficient (Wildman–Crippen LogP) is 3.56. The van der Waals surface area contributed by atoms with Gasteiger partial charge in [-0.3, -0.25) is 9.80 Å². The van der Waals surface area contributed by atoms with E-state index in [4.69, 9.17) is 16.6 Å². The van der Waals surface area contributed by atoms with Crippen LogP contribution >= 0.6 is 11.6 Å². The summed E-state index contributed by atoms with van der Waals surface area (Å²) in [7, 11) is 4.11. The fourth-order valence-corrected chi connectivity index (χ4v) is 5.29. The third-order valence-electron chi connectivity index (χ3n) is 6.47. The Morgan fingerprint density at radius 2 is 1.79 bits per heavy atom. The van der Waals surface area contributed by atoms with Gasteiger partial charge in [-0.05, 0) is 19.9 Å². The highest BCUT2D eigenvalue weighted by Crippen LogP contribution is 2.33. The molecule has 1 saturated carbocycles. The van der Waals surface area contributed by atoms with E-state index >= 15 is 0 Å². The molecule has 2 heterocycles. The smallest absolute Gasteiger partial charge is 0.152 e. The normalized spacial score (nSPS) is 20.7. The molecular formula is C22H32ClN5. The number of nitrogens with one attached hydrogen (secondary N) is 1. The molecule has 152 valence electrons. The number of aromatic nitrogens is 2. The lowest BCUT2D eigenvalue weighted by Crippen LogP contribution is -2.52. The fraction of sp³-hybridized carbons (Fsp3) is 0.591. The molecular weight excluding hydrogens is 370 g/mol. The third kappa shape index (κ3) is 3.99. The summed E-state index contributed by atoms with van der Waals surface area (Å²) in [5.74, 6) is 0.936. The Balaban J connectivity index is 1.54. The van der Waals surface area contributed by atoms with Gasteiger partial charge in [0, 0.05) is 51.4 Å². The SMILES string of the molecule is CNCC(c1c(Cl)nc(-c2ccccc2)n1C)N1CCN(C2CCCC2)CC1. The van der Waals surface area contributed by atoms with E-state index in [1.807, 2.05) is 25.2 Å². The quantitative estimate of drug-likeness (QED) is 0.802. The number of hydrogen-bond donors (Lipinski definition) is 1. The Kier molecular flexibility index (Phi) is 6.36. The molecule has 4 rings (SSSR count). The molecule has 1 saturated heterocycles. The summed E-state index contributed by atoms with van der Waals surface area (Å²) in [5.41, 5.74) is 2.22. The van der Waals surface area contributed by atoms with Crippen molar-refractivity contribution in [2.24, 2.45) is 7.05 Å². The van der Waals surface area contributed by atoms with E-state index in [0.717, 1.165) is 55.8 Å². The van der Waals surface area contributed by atoms with Crippen LogP contribution in [0.4, 0.5) is 0 Å². The summed E-state index contributed by atoms with van der Waals surface area (Å²) >= 11 is 6.69. The van der Waals surface area contributed by atoms with Gasteiger partial charge >= 0.3 is 0 Å². The molecule has 1 aromatic heterocycles. The highest BCUT2D eigenvalue weighted by Gasteiger charge is 2.32. The molecule has 28 heavy (non-hydrogen) atoms. The Morgan fingerprint density at radius 3 is 2.43 bits per heavy atom. The van der Waals surface area contributed by atoms with Gasteiger partial charge in [-0.15, -0.1) is 0 Å². The van der Waals surface area contributed by atoms with Gasteiger partial charge in [0.25, 0.3) is 0 Å². The van der Waals surface area contributed by atoms with E-state index < -0.39 is 0 Å². The zero-order valence-electron chi connectivity index (χ0n) is 17.1. The molecule has 1 aliphatic carbocycles. The van der Waals surface area contributed by atoms with Gasteiger partial charge in [-0.2, -0.15) is 0 Å². The maximum atomic E-state index is 6.69. The number of halogens is 1. The van der Waals surface area contributed by atoms with Crippen LogP contribution in [0.3, 0.4) is 0 Å². The lowest BCUT2D eigenvalue weighted by Gasteiger charge is -2.41. The van der Waals surface area contributed by atoms with Crippen LogP contribution in [0.1, 0.15) is 37.4 Å². The first-order valence-electron chi connectivity index (χ1n) is 10.6. The van der Waals surface area contributed by atoms with Crippen molar-refractivity contribution in [3.05, 3.63) is 41.2 Å². The van der Waals surface area contributed by atoms with E-state index in [1.165, 1.54) is 25.7 Å². The van der Waals surface area contributed by atoms with Crippen LogP contribution < -0.4 is 5.32 Å². The van der Waals surface area contributed by atoms with Crippen molar-refractivity contribution in [2.45, 2.75) is 37.8 Å². The summed E-state index contributed by atoms with van der Waals surface area (Å²) in [4.78, 5) is 10.0. The van der Waals surface area contributed by atoms with Crippen LogP contribution in [0.2, 0.25) is 5.15 Å². The van der Waals surface area contributed by atoms with Crippen molar-refractivity contribution >= 4 is 11.6 Å². The number of piperazine rings is 1. The summed E-state index contributed by atoms with van der Waals surface area (Å²) in [5, 5.41) is 4.00. The number of benzene rings is 1. The van der Waals surface area contributed by atoms with Crippen LogP contribution in [-0.2, 0) is 7.05 Å². The minimum absolute atomic E-state index is 0.234. The standard InChI is InChI=1S/C22H32ClN5/c1-24-16-19(28-14-12-27(13-15-28)18-10-6-7-11-18)20-21(23)25-22(26(20)2)17-8-4-3-5-9-17/h3-5,8-9,18-19,24H,6-7,10-16H2,1-2H3. The maximum absolute atomic E-state index is 6.69. The summed E-state index contributed by atoms with van der Waals surface area (Å²) < 4.78 is 2.18. The van der Waals surface area contributed by atoms with Gasteiger partial charge in [0.2, 0.25) is 0 Å². The lowest BCUT2D eigenvalue weighted by molar-refractivity contribution is 0.0682. The van der Waals surface area contributed by atoms with Crippen molar-refractivity contribution in [3.63, 3.8) is 0 Å². The van der Waals surface area contributed by atoms with Crippen LogP contribution in [0.5, 0.6) is 0 Å². The molecule has 5 nitrogen and oxygen atoms in total. The molecule has 0 bridgehead atoms. The van der Waals surface area contributed by atoms with Crippen molar-refractivity contribution in [3.8, 4) is 11.4 Å². The molecule has 2 aliphatic rings. The summed E-state index contributed by atoms with van der Waals surface area (Å²) in [6.07, 6.45) is 5.57. The fourth-order valence-electron chi connectivity index (χ4n) is 4.96. The molecule has 1 atom stereocenters. The molecule has 1 aliphatic heterocycles. The number of nitrogens with zero attached hydrogens (tertiary/aromatic N) is 4. The van der Waals surface area contributed by atoms with Crippen molar-refractivity contribution in [1.29, 1.82) is 0 Å². The molecule has 1 unspecified atom stereocenters. The van der Waals surface area contributed by atoms with E-state index in [0.29, 0.717) is 5.15 Å². The largest absolute Gasteiger partial charge is 0.328 e. The topological polar surface area (TPSA) is 36.3 Å². The second-order valence-electron chi connectivity index (χ2n) is 8.12. The van der Waals surface area contributed by atoms with E-state index in [1.54, 1.807) is 0 Å². The zero-order chi connectivity index (χ0) is 19.5. The minimum atomic E-state index is 0.234. The molecule has 1 aromatic carbocycles. The first kappa shape index (κ1) is 19.9. The Bertz CT molecular complexity index is 761. The molecule has 1 N–H and O–H groups in total. The van der Waals surface area contributed by atoms with E-state index in [-0.39, 0.29) is 6.04 Å². The van der Waals surface area contributed by atoms with Crippen molar-refractivity contribution in [1.82, 2.24) is 24.7 Å². The lowest BCUT2D eigenvalue weighted by atomic mass is 10.1. The Labute approximate surface area is 173 Å². The number of likely N-dealkylation sites (N-methyl/N-ethyl adjacent to an activating group) is 1. The first-order chi connectivity index (χ1) is 13.7. The maximum Gasteiger partial charge on any atom is 0.152 e. The van der Waals surface area contributed by atoms with E-state index in [2.05, 4.69) is 38.9 Å². The van der Waals surface area contributed by atoms with Crippen molar-refractivity contribution in [2.75, 3.05) is 39.8 Å². The molecule has 2 fully saturated rings. The Hall–Kier alpha value is -1.40. The highest BCUT2D eigenvalue weighted by molar-refractivity contribution is 6.30. The van der Waals surface area contributed by atoms with Crippen LogP contribution in [0.15, 0.2) is 30.3 Å². The molecule has 0 radical (unpaired) electrons. The van der Waals surface area contributed by atoms with Gasteiger partial charge in [-0.25, -0.2) is 4.98 Å². The average Bonchev–Trinajstić information content (AvgIpc) is 3.36. The average molecular weight is 402 g/mol. The second-order valence-corrected chi connectivity index (χ2v) is 8.48. The summed E-state index contributed by atoms with van der Waals surface area (Å²) in [6, 6.07) is 11.4. The highest BCUT2D eigenvalue weighted by atomic mass is 35.5. The summed E-state index contributed by atoms with van der Waals surface area (Å²) in [6.45, 7) is 5.37. The Morgan fingerprint density at radius 1 is 1.11 bits per heavy atom. The second kappa shape index (κ2) is 8.95. The molecule has 0 spiro atoms. The first-order valence-corrected chi connectivity index (χ1v) is 11.0. The number of hydrogen-bond acceptors (Lipinski definition) is 4. The molecule has 6 heteroatoms. The molecule has 0 amide bonds. The van der Waals surface area contributed by atoms with Gasteiger partial charge in [0.15, 0.2) is 5.15 Å². The third-order valence-corrected chi connectivity index (χ3v) is 6.75. The van der Waals surface area contributed by atoms with Gasteiger partial charge < -0.3 is 9.88 Å². The monoisotopic (exact) mass is 401 g/mol. The van der Waals surface area contributed by atoms with Crippen LogP contribution in [0, 0.1) is 0 Å². The number of rotatable bonds is 6. The van der Waals surface area contributed by atoms with Crippen LogP contribution in [0.25, 0.3) is 11.4 Å². The van der Waals surface area contributed by atoms with Crippen LogP contribution in [-0.4, -0.2) is 65.2 Å². The van der Waals surface area contributed by atoms with Gasteiger partial charge in [0.05, 0.1) is 11.7 Å². The molecule has 2 aromatic rings. The van der Waals surface area contributed by atoms with E-state index in [9.17, 15) is 0 Å². The van der Waals surface area contributed by atoms with Gasteiger partial charge in [-0.1, -0.05) is 54.8 Å². The zero-order valence-corrected chi connectivity index (χ0v) is 17.8.